The van der Waals surface area contributed by atoms with Crippen LogP contribution in [0.25, 0.3) is 0 Å². The molecule has 0 fully saturated rings. The van der Waals surface area contributed by atoms with Crippen LogP contribution >= 0.6 is 30.4 Å². The van der Waals surface area contributed by atoms with E-state index in [2.05, 4.69) is 0 Å². The third kappa shape index (κ3) is 9.85. The molecular formula is C7H13N2Na4O14P4+. The van der Waals surface area contributed by atoms with Gasteiger partial charge in [-0.25, -0.2) is 9.13 Å². The van der Waals surface area contributed by atoms with Gasteiger partial charge in [-0.2, -0.15) is 0 Å². The molecule has 4 atom stereocenters. The molecule has 0 amide bonds. The van der Waals surface area contributed by atoms with Crippen molar-refractivity contribution in [2.24, 2.45) is 0 Å². The minimum absolute atomic E-state index is 0. The monoisotopic (exact) mass is 565 g/mol. The fourth-order valence-electron chi connectivity index (χ4n) is 1.79. The minimum atomic E-state index is -6.13. The van der Waals surface area contributed by atoms with Gasteiger partial charge in [-0.05, 0) is 0 Å². The fourth-order valence-corrected chi connectivity index (χ4v) is 5.72. The summed E-state index contributed by atoms with van der Waals surface area (Å²) in [5.74, 6) is 0. The van der Waals surface area contributed by atoms with Crippen LogP contribution < -0.4 is 142 Å². The van der Waals surface area contributed by atoms with Crippen LogP contribution in [0.5, 0.6) is 0 Å². The Bertz CT molecular complexity index is 788. The molecule has 0 aliphatic rings. The van der Waals surface area contributed by atoms with Crippen molar-refractivity contribution >= 4 is 30.4 Å². The van der Waals surface area contributed by atoms with Crippen molar-refractivity contribution in [3.63, 3.8) is 0 Å². The third-order valence-corrected chi connectivity index (χ3v) is 10.6. The summed E-state index contributed by atoms with van der Waals surface area (Å²) in [5, 5.41) is 11.1. The molecule has 1 aromatic rings. The van der Waals surface area contributed by atoms with Gasteiger partial charge in [0.15, 0.2) is 30.4 Å². The van der Waals surface area contributed by atoms with E-state index in [1.165, 1.54) is 0 Å². The van der Waals surface area contributed by atoms with E-state index in [4.69, 9.17) is 19.6 Å². The van der Waals surface area contributed by atoms with Gasteiger partial charge in [0.25, 0.3) is 0 Å². The predicted octanol–water partition coefficient (Wildman–Crippen LogP) is -17.7. The molecule has 31 heavy (non-hydrogen) atoms. The molecule has 1 aromatic heterocycles. The van der Waals surface area contributed by atoms with Gasteiger partial charge in [0.05, 0.1) is 0 Å². The van der Waals surface area contributed by atoms with Gasteiger partial charge in [-0.1, -0.05) is 0 Å². The first-order chi connectivity index (χ1) is 11.7. The summed E-state index contributed by atoms with van der Waals surface area (Å²) < 4.78 is 45.4. The van der Waals surface area contributed by atoms with Gasteiger partial charge < -0.3 is 67.6 Å². The Balaban J connectivity index is -0.000000911. The van der Waals surface area contributed by atoms with Gasteiger partial charge >= 0.3 is 118 Å². The van der Waals surface area contributed by atoms with E-state index in [1.54, 1.807) is 0 Å². The van der Waals surface area contributed by atoms with E-state index in [0.29, 0.717) is 27.9 Å². The molecule has 0 spiro atoms. The quantitative estimate of drug-likeness (QED) is 0.0970. The Labute approximate surface area is 263 Å². The standard InChI is InChI=1S/C7H16N2O14P4.4Na/c10-6(24(12,13)14,25(15,16)17)3-8-1-2-9(5-8)4-7(11,26(18,19)20)27(21,22)23;;;;/h1-2,5,10-11H,3-4H2,(H7-,12,13,14,15,16,17,18,19,20,21,22,23);;;;/q;4*+1/p-3. The average Bonchev–Trinajstić information content (AvgIpc) is 2.80. The van der Waals surface area contributed by atoms with Crippen molar-refractivity contribution < 1.29 is 190 Å². The van der Waals surface area contributed by atoms with E-state index in [-0.39, 0.29) is 118 Å². The summed E-state index contributed by atoms with van der Waals surface area (Å²) in [5.41, 5.74) is 0. The van der Waals surface area contributed by atoms with Crippen LogP contribution in [0.3, 0.4) is 0 Å². The van der Waals surface area contributed by atoms with Gasteiger partial charge in [0.2, 0.25) is 16.5 Å². The number of hydrogen-bond donors (Lipinski definition) is 6. The van der Waals surface area contributed by atoms with E-state index in [9.17, 15) is 48.0 Å². The van der Waals surface area contributed by atoms with Crippen LogP contribution in [0.4, 0.5) is 0 Å². The van der Waals surface area contributed by atoms with Crippen LogP contribution in [-0.2, 0) is 31.3 Å². The van der Waals surface area contributed by atoms with Crippen molar-refractivity contribution in [2.45, 2.75) is 23.3 Å². The molecule has 0 saturated carbocycles. The summed E-state index contributed by atoms with van der Waals surface area (Å²) in [7, 11) is -24.5. The van der Waals surface area contributed by atoms with Crippen molar-refractivity contribution in [1.29, 1.82) is 0 Å². The molecule has 0 bridgehead atoms. The maximum absolute atomic E-state index is 11.1. The van der Waals surface area contributed by atoms with Crippen LogP contribution in [0.15, 0.2) is 18.7 Å². The molecule has 0 aromatic carbocycles. The first kappa shape index (κ1) is 41.8. The molecule has 6 N–H and O–H groups in total. The molecule has 158 valence electrons. The van der Waals surface area contributed by atoms with Crippen molar-refractivity contribution in [3.8, 4) is 0 Å². The van der Waals surface area contributed by atoms with Crippen molar-refractivity contribution in [2.75, 3.05) is 0 Å². The van der Waals surface area contributed by atoms with E-state index < -0.39 is 53.6 Å². The zero-order chi connectivity index (χ0) is 21.7. The fraction of sp³-hybridized carbons (Fsp3) is 0.571. The maximum Gasteiger partial charge on any atom is 1.00 e. The summed E-state index contributed by atoms with van der Waals surface area (Å²) >= 11 is 0. The van der Waals surface area contributed by atoms with Gasteiger partial charge in [-0.3, -0.25) is 0 Å². The number of nitrogens with zero attached hydrogens (tertiary/aromatic N) is 2. The summed E-state index contributed by atoms with van der Waals surface area (Å²) in [4.78, 5) is 80.0. The van der Waals surface area contributed by atoms with Crippen LogP contribution in [0.2, 0.25) is 0 Å². The Kier molecular flexibility index (Phi) is 19.0. The van der Waals surface area contributed by atoms with E-state index in [0.717, 1.165) is 0 Å². The van der Waals surface area contributed by atoms with Gasteiger partial charge in [-0.15, -0.1) is 0 Å². The zero-order valence-electron chi connectivity index (χ0n) is 16.8. The van der Waals surface area contributed by atoms with E-state index >= 15 is 0 Å². The Morgan fingerprint density at radius 2 is 1.06 bits per heavy atom. The summed E-state index contributed by atoms with van der Waals surface area (Å²) in [6, 6.07) is 0. The predicted molar refractivity (Wildman–Crippen MR) is 73.8 cm³/mol. The van der Waals surface area contributed by atoms with Crippen LogP contribution in [0, 0.1) is 0 Å². The molecule has 0 radical (unpaired) electrons. The summed E-state index contributed by atoms with van der Waals surface area (Å²) in [6.07, 6.45) is 1.93. The molecule has 1 rings (SSSR count). The van der Waals surface area contributed by atoms with Crippen molar-refractivity contribution in [3.05, 3.63) is 18.7 Å². The van der Waals surface area contributed by atoms with Crippen molar-refractivity contribution in [1.82, 2.24) is 4.57 Å². The first-order valence-electron chi connectivity index (χ1n) is 6.31. The van der Waals surface area contributed by atoms with Crippen LogP contribution in [-0.4, -0.2) is 44.5 Å². The van der Waals surface area contributed by atoms with Gasteiger partial charge in [0, 0.05) is 0 Å². The second-order valence-electron chi connectivity index (χ2n) is 5.39. The Morgan fingerprint density at radius 1 is 0.742 bits per heavy atom. The average molecular weight is 565 g/mol. The Morgan fingerprint density at radius 3 is 1.35 bits per heavy atom. The van der Waals surface area contributed by atoms with E-state index in [1.807, 2.05) is 0 Å². The van der Waals surface area contributed by atoms with Gasteiger partial charge in [0.1, 0.15) is 25.5 Å². The second kappa shape index (κ2) is 14.0. The molecule has 0 aliphatic heterocycles. The Hall–Kier alpha value is 3.73. The number of imidazole rings is 1. The second-order valence-corrected chi connectivity index (χ2v) is 13.2. The molecule has 4 unspecified atom stereocenters. The largest absolute Gasteiger partial charge is 1.00 e. The molecule has 16 nitrogen and oxygen atoms in total. The number of hydrogen-bond acceptors (Lipinski definition) is 10. The molecule has 0 saturated heterocycles. The third-order valence-electron chi connectivity index (χ3n) is 3.35. The molecule has 1 heterocycles. The number of rotatable bonds is 8. The normalized spacial score (nSPS) is 22.5. The maximum atomic E-state index is 11.1. The molecule has 24 heteroatoms. The smallest absolute Gasteiger partial charge is 0.776 e. The molecule has 0 aliphatic carbocycles. The topological polar surface area (TPSA) is 291 Å². The number of aliphatic hydroxyl groups is 2. The minimum Gasteiger partial charge on any atom is -0.776 e. The zero-order valence-corrected chi connectivity index (χ0v) is 28.4. The first-order valence-corrected chi connectivity index (χ1v) is 12.6. The summed E-state index contributed by atoms with van der Waals surface area (Å²) in [6.45, 7) is -3.12. The molecular weight excluding hydrogens is 552 g/mol. The SMILES string of the molecule is O=P([O-])(O)C(O)(Cn1cc[n+](CC(O)(P(=O)([O-])O)P(=O)([O-])O)c1)P(=O)([O-])O.[Na+].[Na+].[Na+].[Na+]. The number of aromatic nitrogens is 2. The van der Waals surface area contributed by atoms with Crippen LogP contribution in [0.1, 0.15) is 0 Å².